The molecule has 1 aromatic carbocycles. The van der Waals surface area contributed by atoms with Gasteiger partial charge in [0.15, 0.2) is 0 Å². The normalized spacial score (nSPS) is 19.6. The van der Waals surface area contributed by atoms with E-state index in [9.17, 15) is 4.79 Å². The molecule has 0 N–H and O–H groups in total. The number of hydrogen-bond acceptors (Lipinski definition) is 2. The number of amides is 1. The van der Waals surface area contributed by atoms with E-state index in [1.54, 1.807) is 0 Å². The minimum Gasteiger partial charge on any atom is -0.368 e. The number of aryl methyl sites for hydroxylation is 2. The Morgan fingerprint density at radius 2 is 2.25 bits per heavy atom. The van der Waals surface area contributed by atoms with Gasteiger partial charge in [0.1, 0.15) is 6.10 Å². The zero-order chi connectivity index (χ0) is 14.1. The first-order valence-electron chi connectivity index (χ1n) is 7.67. The van der Waals surface area contributed by atoms with E-state index in [2.05, 4.69) is 25.1 Å². The number of rotatable bonds is 4. The molecule has 20 heavy (non-hydrogen) atoms. The molecule has 1 saturated carbocycles. The van der Waals surface area contributed by atoms with Crippen molar-refractivity contribution in [3.8, 4) is 0 Å². The maximum atomic E-state index is 12.6. The van der Waals surface area contributed by atoms with Crippen molar-refractivity contribution in [2.24, 2.45) is 5.92 Å². The number of fused-ring (bicyclic) bond motifs is 1. The molecule has 1 aromatic rings. The highest BCUT2D eigenvalue weighted by atomic mass is 16.5. The van der Waals surface area contributed by atoms with E-state index in [1.165, 1.54) is 24.0 Å². The Balaban J connectivity index is 1.71. The zero-order valence-electron chi connectivity index (χ0n) is 12.4. The van der Waals surface area contributed by atoms with Gasteiger partial charge >= 0.3 is 0 Å². The molecule has 3 heteroatoms. The van der Waals surface area contributed by atoms with Crippen LogP contribution in [0.5, 0.6) is 0 Å². The van der Waals surface area contributed by atoms with E-state index in [0.717, 1.165) is 31.7 Å². The van der Waals surface area contributed by atoms with Crippen LogP contribution in [0.15, 0.2) is 18.2 Å². The molecule has 0 bridgehead atoms. The summed E-state index contributed by atoms with van der Waals surface area (Å²) >= 11 is 0. The van der Waals surface area contributed by atoms with Crippen LogP contribution in [0.4, 0.5) is 5.69 Å². The maximum absolute atomic E-state index is 12.6. The lowest BCUT2D eigenvalue weighted by Crippen LogP contribution is -2.42. The van der Waals surface area contributed by atoms with Gasteiger partial charge in [0.05, 0.1) is 6.61 Å². The summed E-state index contributed by atoms with van der Waals surface area (Å²) in [6.07, 6.45) is 4.29. The summed E-state index contributed by atoms with van der Waals surface area (Å²) < 4.78 is 5.73. The minimum atomic E-state index is -0.331. The van der Waals surface area contributed by atoms with Crippen molar-refractivity contribution >= 4 is 11.6 Å². The Labute approximate surface area is 120 Å². The van der Waals surface area contributed by atoms with E-state index in [0.29, 0.717) is 5.92 Å². The van der Waals surface area contributed by atoms with Crippen LogP contribution >= 0.6 is 0 Å². The van der Waals surface area contributed by atoms with E-state index in [-0.39, 0.29) is 12.0 Å². The van der Waals surface area contributed by atoms with Crippen molar-refractivity contribution in [3.63, 3.8) is 0 Å². The van der Waals surface area contributed by atoms with Gasteiger partial charge in [-0.1, -0.05) is 17.7 Å². The molecule has 108 valence electrons. The van der Waals surface area contributed by atoms with Crippen LogP contribution in [0.25, 0.3) is 0 Å². The van der Waals surface area contributed by atoms with Gasteiger partial charge < -0.3 is 9.64 Å². The molecular formula is C17H23NO2. The first kappa shape index (κ1) is 13.6. The third-order valence-electron chi connectivity index (χ3n) is 4.25. The van der Waals surface area contributed by atoms with Crippen molar-refractivity contribution < 1.29 is 9.53 Å². The summed E-state index contributed by atoms with van der Waals surface area (Å²) in [5.74, 6) is 0.803. The third kappa shape index (κ3) is 2.88. The van der Waals surface area contributed by atoms with E-state index < -0.39 is 0 Å². The Bertz CT molecular complexity index is 508. The van der Waals surface area contributed by atoms with E-state index in [4.69, 9.17) is 4.74 Å². The summed E-state index contributed by atoms with van der Waals surface area (Å²) in [4.78, 5) is 14.5. The minimum absolute atomic E-state index is 0.107. The SMILES string of the molecule is Cc1ccc2c(c1)CCCN2C(=O)C(C)OCC1CC1. The predicted octanol–water partition coefficient (Wildman–Crippen LogP) is 3.09. The van der Waals surface area contributed by atoms with Gasteiger partial charge in [0.2, 0.25) is 0 Å². The van der Waals surface area contributed by atoms with Gasteiger partial charge in [-0.2, -0.15) is 0 Å². The number of hydrogen-bond donors (Lipinski definition) is 0. The van der Waals surface area contributed by atoms with Gasteiger partial charge in [0.25, 0.3) is 5.91 Å². The van der Waals surface area contributed by atoms with Gasteiger partial charge in [-0.25, -0.2) is 0 Å². The molecule has 0 saturated heterocycles. The number of ether oxygens (including phenoxy) is 1. The summed E-state index contributed by atoms with van der Waals surface area (Å²) in [6.45, 7) is 5.53. The molecule has 3 rings (SSSR count). The average molecular weight is 273 g/mol. The van der Waals surface area contributed by atoms with Crippen LogP contribution in [0.2, 0.25) is 0 Å². The van der Waals surface area contributed by atoms with E-state index in [1.807, 2.05) is 11.8 Å². The number of nitrogens with zero attached hydrogens (tertiary/aromatic N) is 1. The molecule has 1 aliphatic heterocycles. The highest BCUT2D eigenvalue weighted by Gasteiger charge is 2.29. The molecule has 1 amide bonds. The molecule has 2 aliphatic rings. The molecule has 1 aliphatic carbocycles. The first-order chi connectivity index (χ1) is 9.65. The van der Waals surface area contributed by atoms with Crippen LogP contribution in [-0.2, 0) is 16.0 Å². The largest absolute Gasteiger partial charge is 0.368 e. The van der Waals surface area contributed by atoms with Crippen LogP contribution in [0.3, 0.4) is 0 Å². The predicted molar refractivity (Wildman–Crippen MR) is 80.0 cm³/mol. The standard InChI is InChI=1S/C17H23NO2/c1-12-5-8-16-15(10-12)4-3-9-18(16)17(19)13(2)20-11-14-6-7-14/h5,8,10,13-14H,3-4,6-7,9,11H2,1-2H3. The van der Waals surface area contributed by atoms with Gasteiger partial charge in [-0.3, -0.25) is 4.79 Å². The second kappa shape index (κ2) is 5.57. The van der Waals surface area contributed by atoms with Crippen molar-refractivity contribution in [3.05, 3.63) is 29.3 Å². The lowest BCUT2D eigenvalue weighted by Gasteiger charge is -2.31. The van der Waals surface area contributed by atoms with Gasteiger partial charge in [-0.05, 0) is 57.1 Å². The highest BCUT2D eigenvalue weighted by Crippen LogP contribution is 2.31. The lowest BCUT2D eigenvalue weighted by atomic mass is 9.99. The lowest BCUT2D eigenvalue weighted by molar-refractivity contribution is -0.129. The van der Waals surface area contributed by atoms with Crippen molar-refractivity contribution in [2.75, 3.05) is 18.1 Å². The molecule has 1 fully saturated rings. The number of anilines is 1. The molecule has 0 aromatic heterocycles. The highest BCUT2D eigenvalue weighted by molar-refractivity contribution is 5.97. The number of carbonyl (C=O) groups excluding carboxylic acids is 1. The topological polar surface area (TPSA) is 29.5 Å². The number of carbonyl (C=O) groups is 1. The van der Waals surface area contributed by atoms with Crippen molar-refractivity contribution in [1.82, 2.24) is 0 Å². The fraction of sp³-hybridized carbons (Fsp3) is 0.588. The quantitative estimate of drug-likeness (QED) is 0.843. The zero-order valence-corrected chi connectivity index (χ0v) is 12.4. The van der Waals surface area contributed by atoms with Gasteiger partial charge in [0, 0.05) is 12.2 Å². The Kier molecular flexibility index (Phi) is 3.79. The van der Waals surface area contributed by atoms with Crippen LogP contribution in [0, 0.1) is 12.8 Å². The molecule has 3 nitrogen and oxygen atoms in total. The van der Waals surface area contributed by atoms with Crippen molar-refractivity contribution in [2.45, 2.75) is 45.6 Å². The van der Waals surface area contributed by atoms with Crippen LogP contribution < -0.4 is 4.90 Å². The van der Waals surface area contributed by atoms with Crippen molar-refractivity contribution in [1.29, 1.82) is 0 Å². The Hall–Kier alpha value is -1.35. The Morgan fingerprint density at radius 1 is 1.45 bits per heavy atom. The van der Waals surface area contributed by atoms with E-state index >= 15 is 0 Å². The molecule has 0 spiro atoms. The molecule has 1 heterocycles. The third-order valence-corrected chi connectivity index (χ3v) is 4.25. The first-order valence-corrected chi connectivity index (χ1v) is 7.67. The summed E-state index contributed by atoms with van der Waals surface area (Å²) in [7, 11) is 0. The summed E-state index contributed by atoms with van der Waals surface area (Å²) in [5, 5.41) is 0. The fourth-order valence-corrected chi connectivity index (χ4v) is 2.81. The molecule has 1 unspecified atom stereocenters. The second-order valence-corrected chi connectivity index (χ2v) is 6.14. The summed E-state index contributed by atoms with van der Waals surface area (Å²) in [5.41, 5.74) is 3.63. The smallest absolute Gasteiger partial charge is 0.255 e. The van der Waals surface area contributed by atoms with Crippen LogP contribution in [0.1, 0.15) is 37.3 Å². The monoisotopic (exact) mass is 273 g/mol. The molecule has 0 radical (unpaired) electrons. The summed E-state index contributed by atoms with van der Waals surface area (Å²) in [6, 6.07) is 6.36. The molecule has 1 atom stereocenters. The number of benzene rings is 1. The average Bonchev–Trinajstić information content (AvgIpc) is 3.27. The Morgan fingerprint density at radius 3 is 3.00 bits per heavy atom. The second-order valence-electron chi connectivity index (χ2n) is 6.14. The fourth-order valence-electron chi connectivity index (χ4n) is 2.81. The van der Waals surface area contributed by atoms with Gasteiger partial charge in [-0.15, -0.1) is 0 Å². The maximum Gasteiger partial charge on any atom is 0.255 e. The van der Waals surface area contributed by atoms with Crippen LogP contribution in [-0.4, -0.2) is 25.2 Å². The molecular weight excluding hydrogens is 250 g/mol.